The van der Waals surface area contributed by atoms with Crippen molar-refractivity contribution in [2.75, 3.05) is 6.61 Å². The molecule has 2 N–H and O–H groups in total. The minimum absolute atomic E-state index is 0.176. The van der Waals surface area contributed by atoms with E-state index in [9.17, 15) is 9.59 Å². The summed E-state index contributed by atoms with van der Waals surface area (Å²) in [5.74, 6) is 0.161. The Morgan fingerprint density at radius 2 is 1.92 bits per heavy atom. The molecule has 0 spiro atoms. The van der Waals surface area contributed by atoms with Crippen LogP contribution in [0.5, 0.6) is 5.75 Å². The summed E-state index contributed by atoms with van der Waals surface area (Å²) in [6.07, 6.45) is 2.42. The molecule has 0 bridgehead atoms. The molecule has 0 unspecified atom stereocenters. The molecule has 0 saturated carbocycles. The minimum atomic E-state index is -0.645. The van der Waals surface area contributed by atoms with Gasteiger partial charge in [-0.1, -0.05) is 23.8 Å². The summed E-state index contributed by atoms with van der Waals surface area (Å²) in [4.78, 5) is 24.2. The van der Waals surface area contributed by atoms with E-state index in [2.05, 4.69) is 0 Å². The lowest BCUT2D eigenvalue weighted by molar-refractivity contribution is 0.0706. The number of aromatic nitrogens is 1. The first-order valence-corrected chi connectivity index (χ1v) is 8.35. The summed E-state index contributed by atoms with van der Waals surface area (Å²) < 4.78 is 7.28. The van der Waals surface area contributed by atoms with Crippen molar-refractivity contribution in [2.45, 2.75) is 19.9 Å². The number of ether oxygens (including phenoxy) is 1. The normalized spacial score (nSPS) is 10.7. The molecule has 6 nitrogen and oxygen atoms in total. The third-order valence-electron chi connectivity index (χ3n) is 4.18. The standard InChI is InChI=1S/C20H20N2O4/c1-14-3-7-17(8-4-14)26-12-2-10-22-11-9-15-5-6-16(19(23)21-25)13-18(15)20(22)24/h3-9,11,13,25H,2,10,12H2,1H3,(H,21,23). The molecule has 26 heavy (non-hydrogen) atoms. The number of pyridine rings is 1. The summed E-state index contributed by atoms with van der Waals surface area (Å²) in [6.45, 7) is 3.03. The van der Waals surface area contributed by atoms with Gasteiger partial charge in [0, 0.05) is 23.7 Å². The number of nitrogens with one attached hydrogen (secondary N) is 1. The van der Waals surface area contributed by atoms with Crippen LogP contribution in [-0.4, -0.2) is 22.3 Å². The van der Waals surface area contributed by atoms with Gasteiger partial charge in [0.05, 0.1) is 6.61 Å². The van der Waals surface area contributed by atoms with Crippen molar-refractivity contribution in [3.05, 3.63) is 76.2 Å². The van der Waals surface area contributed by atoms with Crippen molar-refractivity contribution in [1.82, 2.24) is 10.0 Å². The van der Waals surface area contributed by atoms with Gasteiger partial charge in [0.2, 0.25) is 0 Å². The molecule has 1 amide bonds. The lowest BCUT2D eigenvalue weighted by Gasteiger charge is -2.09. The Morgan fingerprint density at radius 1 is 1.15 bits per heavy atom. The number of fused-ring (bicyclic) bond motifs is 1. The van der Waals surface area contributed by atoms with E-state index < -0.39 is 5.91 Å². The zero-order valence-corrected chi connectivity index (χ0v) is 14.4. The Labute approximate surface area is 150 Å². The van der Waals surface area contributed by atoms with Gasteiger partial charge in [-0.05, 0) is 49.1 Å². The van der Waals surface area contributed by atoms with Crippen LogP contribution in [0, 0.1) is 6.92 Å². The average Bonchev–Trinajstić information content (AvgIpc) is 2.67. The highest BCUT2D eigenvalue weighted by Gasteiger charge is 2.08. The van der Waals surface area contributed by atoms with E-state index in [0.29, 0.717) is 25.0 Å². The Kier molecular flexibility index (Phi) is 5.34. The number of carbonyl (C=O) groups is 1. The molecule has 0 saturated heterocycles. The lowest BCUT2D eigenvalue weighted by atomic mass is 10.1. The highest BCUT2D eigenvalue weighted by atomic mass is 16.5. The van der Waals surface area contributed by atoms with Crippen LogP contribution >= 0.6 is 0 Å². The maximum Gasteiger partial charge on any atom is 0.274 e. The number of carbonyl (C=O) groups excluding carboxylic acids is 1. The zero-order chi connectivity index (χ0) is 18.5. The number of rotatable bonds is 6. The molecule has 1 heterocycles. The van der Waals surface area contributed by atoms with Gasteiger partial charge in [-0.2, -0.15) is 0 Å². The molecule has 0 aliphatic heterocycles. The van der Waals surface area contributed by atoms with Crippen LogP contribution < -0.4 is 15.8 Å². The van der Waals surface area contributed by atoms with Crippen LogP contribution in [-0.2, 0) is 6.54 Å². The van der Waals surface area contributed by atoms with Crippen LogP contribution in [0.3, 0.4) is 0 Å². The van der Waals surface area contributed by atoms with E-state index in [4.69, 9.17) is 9.94 Å². The van der Waals surface area contributed by atoms with Gasteiger partial charge in [-0.15, -0.1) is 0 Å². The van der Waals surface area contributed by atoms with Crippen molar-refractivity contribution in [3.8, 4) is 5.75 Å². The highest BCUT2D eigenvalue weighted by molar-refractivity contribution is 5.97. The predicted molar refractivity (Wildman–Crippen MR) is 98.8 cm³/mol. The Hall–Kier alpha value is -3.12. The van der Waals surface area contributed by atoms with E-state index in [1.807, 2.05) is 37.3 Å². The topological polar surface area (TPSA) is 80.6 Å². The van der Waals surface area contributed by atoms with Crippen LogP contribution in [0.2, 0.25) is 0 Å². The van der Waals surface area contributed by atoms with Crippen molar-refractivity contribution in [1.29, 1.82) is 0 Å². The third kappa shape index (κ3) is 3.92. The second-order valence-corrected chi connectivity index (χ2v) is 6.07. The van der Waals surface area contributed by atoms with Crippen molar-refractivity contribution in [2.24, 2.45) is 0 Å². The molecular formula is C20H20N2O4. The van der Waals surface area contributed by atoms with Crippen molar-refractivity contribution in [3.63, 3.8) is 0 Å². The van der Waals surface area contributed by atoms with Crippen molar-refractivity contribution < 1.29 is 14.7 Å². The van der Waals surface area contributed by atoms with Crippen LogP contribution in [0.25, 0.3) is 10.8 Å². The molecule has 3 rings (SSSR count). The first kappa shape index (κ1) is 17.7. The number of hydrogen-bond acceptors (Lipinski definition) is 4. The minimum Gasteiger partial charge on any atom is -0.494 e. The number of nitrogens with zero attached hydrogens (tertiary/aromatic N) is 1. The van der Waals surface area contributed by atoms with Gasteiger partial charge in [0.1, 0.15) is 5.75 Å². The third-order valence-corrected chi connectivity index (χ3v) is 4.18. The van der Waals surface area contributed by atoms with Gasteiger partial charge in [-0.25, -0.2) is 5.48 Å². The predicted octanol–water partition coefficient (Wildman–Crippen LogP) is 2.90. The van der Waals surface area contributed by atoms with Gasteiger partial charge < -0.3 is 9.30 Å². The molecule has 0 aliphatic carbocycles. The van der Waals surface area contributed by atoms with E-state index >= 15 is 0 Å². The van der Waals surface area contributed by atoms with Gasteiger partial charge >= 0.3 is 0 Å². The molecule has 0 radical (unpaired) electrons. The molecule has 2 aromatic carbocycles. The second-order valence-electron chi connectivity index (χ2n) is 6.07. The maximum absolute atomic E-state index is 12.6. The molecule has 0 fully saturated rings. The SMILES string of the molecule is Cc1ccc(OCCCn2ccc3ccc(C(=O)NO)cc3c2=O)cc1. The quantitative estimate of drug-likeness (QED) is 0.406. The molecule has 0 atom stereocenters. The number of hydrogen-bond donors (Lipinski definition) is 2. The van der Waals surface area contributed by atoms with Crippen LogP contribution in [0.4, 0.5) is 0 Å². The molecule has 6 heteroatoms. The number of amides is 1. The Balaban J connectivity index is 1.69. The fourth-order valence-electron chi connectivity index (χ4n) is 2.72. The Bertz CT molecular complexity index is 977. The first-order valence-electron chi connectivity index (χ1n) is 8.35. The Morgan fingerprint density at radius 3 is 2.65 bits per heavy atom. The fraction of sp³-hybridized carbons (Fsp3) is 0.200. The number of aryl methyl sites for hydroxylation is 2. The van der Waals surface area contributed by atoms with E-state index in [1.165, 1.54) is 11.6 Å². The average molecular weight is 352 g/mol. The van der Waals surface area contributed by atoms with E-state index in [0.717, 1.165) is 11.1 Å². The smallest absolute Gasteiger partial charge is 0.274 e. The maximum atomic E-state index is 12.6. The summed E-state index contributed by atoms with van der Waals surface area (Å²) in [6, 6.07) is 14.4. The summed E-state index contributed by atoms with van der Waals surface area (Å²) in [5, 5.41) is 9.92. The van der Waals surface area contributed by atoms with Crippen LogP contribution in [0.15, 0.2) is 59.5 Å². The van der Waals surface area contributed by atoms with Gasteiger partial charge in [0.25, 0.3) is 11.5 Å². The van der Waals surface area contributed by atoms with E-state index in [1.54, 1.807) is 28.4 Å². The first-order chi connectivity index (χ1) is 12.6. The van der Waals surface area contributed by atoms with Gasteiger partial charge in [0.15, 0.2) is 0 Å². The number of benzene rings is 2. The monoisotopic (exact) mass is 352 g/mol. The summed E-state index contributed by atoms with van der Waals surface area (Å²) >= 11 is 0. The molecule has 134 valence electrons. The fourth-order valence-corrected chi connectivity index (χ4v) is 2.72. The lowest BCUT2D eigenvalue weighted by Crippen LogP contribution is -2.22. The zero-order valence-electron chi connectivity index (χ0n) is 14.4. The molecule has 1 aromatic heterocycles. The summed E-state index contributed by atoms with van der Waals surface area (Å²) in [7, 11) is 0. The van der Waals surface area contributed by atoms with Crippen LogP contribution in [0.1, 0.15) is 22.3 Å². The highest BCUT2D eigenvalue weighted by Crippen LogP contribution is 2.13. The van der Waals surface area contributed by atoms with Gasteiger partial charge in [-0.3, -0.25) is 14.8 Å². The molecule has 3 aromatic rings. The summed E-state index contributed by atoms with van der Waals surface area (Å²) in [5.41, 5.74) is 2.81. The van der Waals surface area contributed by atoms with E-state index in [-0.39, 0.29) is 11.1 Å². The largest absolute Gasteiger partial charge is 0.494 e. The number of hydroxylamine groups is 1. The van der Waals surface area contributed by atoms with Crippen molar-refractivity contribution >= 4 is 16.7 Å². The molecular weight excluding hydrogens is 332 g/mol. The molecule has 0 aliphatic rings. The second kappa shape index (κ2) is 7.84.